The standard InChI is InChI=1S/C20H18FN3O3/c21-16-3-6-18-15(11-16)13-26-20(27-18)7-9-24(10-8-20)19(25)23-17-4-1-14(12-22)2-5-17/h1-6,11H,7-10,13H2,(H,23,25). The van der Waals surface area contributed by atoms with Crippen LogP contribution in [0.3, 0.4) is 0 Å². The van der Waals surface area contributed by atoms with Gasteiger partial charge in [0, 0.05) is 37.2 Å². The number of halogens is 1. The molecule has 2 aliphatic rings. The molecule has 0 aliphatic carbocycles. The summed E-state index contributed by atoms with van der Waals surface area (Å²) < 4.78 is 25.2. The minimum Gasteiger partial charge on any atom is -0.462 e. The summed E-state index contributed by atoms with van der Waals surface area (Å²) in [4.78, 5) is 14.2. The first-order valence-electron chi connectivity index (χ1n) is 8.74. The number of piperidine rings is 1. The van der Waals surface area contributed by atoms with E-state index in [1.165, 1.54) is 12.1 Å². The molecule has 0 bridgehead atoms. The van der Waals surface area contributed by atoms with Crippen LogP contribution in [0.25, 0.3) is 0 Å². The molecule has 27 heavy (non-hydrogen) atoms. The fourth-order valence-electron chi connectivity index (χ4n) is 3.33. The number of hydrogen-bond acceptors (Lipinski definition) is 4. The Morgan fingerprint density at radius 2 is 1.93 bits per heavy atom. The van der Waals surface area contributed by atoms with Gasteiger partial charge in [0.2, 0.25) is 5.79 Å². The van der Waals surface area contributed by atoms with Crippen molar-refractivity contribution in [3.8, 4) is 11.8 Å². The van der Waals surface area contributed by atoms with Crippen LogP contribution in [0.2, 0.25) is 0 Å². The lowest BCUT2D eigenvalue weighted by molar-refractivity contribution is -0.225. The molecule has 4 rings (SSSR count). The molecule has 0 saturated carbocycles. The number of carbonyl (C=O) groups is 1. The van der Waals surface area contributed by atoms with Crippen LogP contribution in [0.1, 0.15) is 24.0 Å². The summed E-state index contributed by atoms with van der Waals surface area (Å²) in [7, 11) is 0. The first-order valence-corrected chi connectivity index (χ1v) is 8.74. The smallest absolute Gasteiger partial charge is 0.321 e. The third-order valence-corrected chi connectivity index (χ3v) is 4.89. The van der Waals surface area contributed by atoms with Gasteiger partial charge in [-0.25, -0.2) is 9.18 Å². The van der Waals surface area contributed by atoms with E-state index in [-0.39, 0.29) is 11.8 Å². The number of amides is 2. The van der Waals surface area contributed by atoms with Crippen LogP contribution >= 0.6 is 0 Å². The zero-order valence-electron chi connectivity index (χ0n) is 14.6. The maximum Gasteiger partial charge on any atom is 0.321 e. The number of rotatable bonds is 1. The molecule has 6 nitrogen and oxygen atoms in total. The zero-order chi connectivity index (χ0) is 18.9. The molecular weight excluding hydrogens is 349 g/mol. The number of benzene rings is 2. The van der Waals surface area contributed by atoms with Crippen LogP contribution in [-0.2, 0) is 11.3 Å². The van der Waals surface area contributed by atoms with Crippen LogP contribution in [0.15, 0.2) is 42.5 Å². The molecular formula is C20H18FN3O3. The van der Waals surface area contributed by atoms with E-state index in [9.17, 15) is 9.18 Å². The van der Waals surface area contributed by atoms with Crippen LogP contribution in [0, 0.1) is 17.1 Å². The highest BCUT2D eigenvalue weighted by atomic mass is 19.1. The SMILES string of the molecule is N#Cc1ccc(NC(=O)N2CCC3(CC2)OCc2cc(F)ccc2O3)cc1. The van der Waals surface area contributed by atoms with E-state index < -0.39 is 5.79 Å². The summed E-state index contributed by atoms with van der Waals surface area (Å²) in [5.41, 5.74) is 1.88. The summed E-state index contributed by atoms with van der Waals surface area (Å²) >= 11 is 0. The topological polar surface area (TPSA) is 74.6 Å². The number of anilines is 1. The van der Waals surface area contributed by atoms with Crippen molar-refractivity contribution in [3.05, 3.63) is 59.4 Å². The van der Waals surface area contributed by atoms with Crippen molar-refractivity contribution in [2.24, 2.45) is 0 Å². The molecule has 0 aromatic heterocycles. The normalized spacial score (nSPS) is 17.6. The molecule has 0 unspecified atom stereocenters. The van der Waals surface area contributed by atoms with Crippen molar-refractivity contribution in [3.63, 3.8) is 0 Å². The van der Waals surface area contributed by atoms with Crippen molar-refractivity contribution in [1.29, 1.82) is 5.26 Å². The van der Waals surface area contributed by atoms with Gasteiger partial charge >= 0.3 is 6.03 Å². The van der Waals surface area contributed by atoms with Gasteiger partial charge in [0.05, 0.1) is 18.2 Å². The first kappa shape index (κ1) is 17.3. The molecule has 0 atom stereocenters. The van der Waals surface area contributed by atoms with Crippen LogP contribution in [-0.4, -0.2) is 29.8 Å². The number of ether oxygens (including phenoxy) is 2. The summed E-state index contributed by atoms with van der Waals surface area (Å²) in [5, 5.41) is 11.7. The van der Waals surface area contributed by atoms with Crippen molar-refractivity contribution < 1.29 is 18.7 Å². The number of urea groups is 1. The predicted molar refractivity (Wildman–Crippen MR) is 95.5 cm³/mol. The number of nitrogens with zero attached hydrogens (tertiary/aromatic N) is 2. The lowest BCUT2D eigenvalue weighted by Crippen LogP contribution is -2.53. The van der Waals surface area contributed by atoms with Gasteiger partial charge in [0.15, 0.2) is 0 Å². The van der Waals surface area contributed by atoms with Gasteiger partial charge in [-0.1, -0.05) is 0 Å². The predicted octanol–water partition coefficient (Wildman–Crippen LogP) is 3.63. The van der Waals surface area contributed by atoms with Gasteiger partial charge in [0.25, 0.3) is 0 Å². The third kappa shape index (κ3) is 3.57. The highest BCUT2D eigenvalue weighted by molar-refractivity contribution is 5.89. The Kier molecular flexibility index (Phi) is 4.42. The second-order valence-corrected chi connectivity index (χ2v) is 6.66. The number of likely N-dealkylation sites (tertiary alicyclic amines) is 1. The minimum atomic E-state index is -0.768. The second-order valence-electron chi connectivity index (χ2n) is 6.66. The van der Waals surface area contributed by atoms with Crippen molar-refractivity contribution in [2.45, 2.75) is 25.2 Å². The van der Waals surface area contributed by atoms with Crippen molar-refractivity contribution in [1.82, 2.24) is 4.90 Å². The Balaban J connectivity index is 1.36. The summed E-state index contributed by atoms with van der Waals surface area (Å²) in [6.07, 6.45) is 1.06. The lowest BCUT2D eigenvalue weighted by Gasteiger charge is -2.43. The van der Waals surface area contributed by atoms with E-state index >= 15 is 0 Å². The largest absolute Gasteiger partial charge is 0.462 e. The highest BCUT2D eigenvalue weighted by Gasteiger charge is 2.42. The molecule has 0 radical (unpaired) electrons. The molecule has 138 valence electrons. The number of carbonyl (C=O) groups excluding carboxylic acids is 1. The van der Waals surface area contributed by atoms with E-state index in [0.717, 1.165) is 0 Å². The molecule has 1 spiro atoms. The van der Waals surface area contributed by atoms with E-state index in [4.69, 9.17) is 14.7 Å². The van der Waals surface area contributed by atoms with E-state index in [1.807, 2.05) is 6.07 Å². The van der Waals surface area contributed by atoms with Crippen molar-refractivity contribution >= 4 is 11.7 Å². The number of fused-ring (bicyclic) bond motifs is 1. The summed E-state index contributed by atoms with van der Waals surface area (Å²) in [6.45, 7) is 1.27. The quantitative estimate of drug-likeness (QED) is 0.835. The maximum atomic E-state index is 13.3. The first-order chi connectivity index (χ1) is 13.1. The summed E-state index contributed by atoms with van der Waals surface area (Å²) in [6, 6.07) is 13.0. The molecule has 1 saturated heterocycles. The Bertz CT molecular complexity index is 900. The maximum absolute atomic E-state index is 13.3. The molecule has 2 heterocycles. The molecule has 7 heteroatoms. The molecule has 1 N–H and O–H groups in total. The summed E-state index contributed by atoms with van der Waals surface area (Å²) in [5.74, 6) is -0.444. The monoisotopic (exact) mass is 367 g/mol. The Labute approximate surface area is 156 Å². The Morgan fingerprint density at radius 1 is 1.19 bits per heavy atom. The highest BCUT2D eigenvalue weighted by Crippen LogP contribution is 2.37. The molecule has 2 aromatic rings. The molecule has 2 aromatic carbocycles. The molecule has 2 aliphatic heterocycles. The number of hydrogen-bond donors (Lipinski definition) is 1. The van der Waals surface area contributed by atoms with Gasteiger partial charge in [-0.05, 0) is 42.5 Å². The Hall–Kier alpha value is -3.11. The van der Waals surface area contributed by atoms with Gasteiger partial charge in [-0.2, -0.15) is 5.26 Å². The van der Waals surface area contributed by atoms with Gasteiger partial charge in [0.1, 0.15) is 11.6 Å². The number of nitrogens with one attached hydrogen (secondary N) is 1. The van der Waals surface area contributed by atoms with Crippen LogP contribution < -0.4 is 10.1 Å². The third-order valence-electron chi connectivity index (χ3n) is 4.89. The number of nitriles is 1. The van der Waals surface area contributed by atoms with Crippen LogP contribution in [0.5, 0.6) is 5.75 Å². The van der Waals surface area contributed by atoms with E-state index in [0.29, 0.717) is 55.1 Å². The molecule has 1 fully saturated rings. The fourth-order valence-corrected chi connectivity index (χ4v) is 3.33. The van der Waals surface area contributed by atoms with E-state index in [1.54, 1.807) is 35.2 Å². The van der Waals surface area contributed by atoms with E-state index in [2.05, 4.69) is 5.32 Å². The van der Waals surface area contributed by atoms with Gasteiger partial charge in [-0.15, -0.1) is 0 Å². The van der Waals surface area contributed by atoms with Crippen LogP contribution in [0.4, 0.5) is 14.9 Å². The van der Waals surface area contributed by atoms with Crippen molar-refractivity contribution in [2.75, 3.05) is 18.4 Å². The molecule has 2 amide bonds. The zero-order valence-corrected chi connectivity index (χ0v) is 14.6. The Morgan fingerprint density at radius 3 is 2.63 bits per heavy atom. The lowest BCUT2D eigenvalue weighted by atomic mass is 10.0. The average molecular weight is 367 g/mol. The van der Waals surface area contributed by atoms with Gasteiger partial charge in [-0.3, -0.25) is 0 Å². The fraction of sp³-hybridized carbons (Fsp3) is 0.300. The second kappa shape index (κ2) is 6.89. The minimum absolute atomic E-state index is 0.201. The van der Waals surface area contributed by atoms with Gasteiger partial charge < -0.3 is 19.7 Å². The average Bonchev–Trinajstić information content (AvgIpc) is 2.69.